The molecule has 17 heavy (non-hydrogen) atoms. The lowest BCUT2D eigenvalue weighted by atomic mass is 9.88. The predicted octanol–water partition coefficient (Wildman–Crippen LogP) is 2.02. The molecule has 1 heterocycles. The SMILES string of the molecule is CCCNC(=O)CCNC1CSCC(C)(C)C1. The molecule has 1 saturated heterocycles. The van der Waals surface area contributed by atoms with E-state index in [1.165, 1.54) is 17.9 Å². The summed E-state index contributed by atoms with van der Waals surface area (Å²) >= 11 is 2.02. The average Bonchev–Trinajstić information content (AvgIpc) is 2.25. The molecule has 1 fully saturated rings. The number of carbonyl (C=O) groups excluding carboxylic acids is 1. The van der Waals surface area contributed by atoms with Gasteiger partial charge in [0.1, 0.15) is 0 Å². The van der Waals surface area contributed by atoms with E-state index >= 15 is 0 Å². The van der Waals surface area contributed by atoms with Gasteiger partial charge in [-0.05, 0) is 24.0 Å². The Hall–Kier alpha value is -0.220. The second-order valence-corrected chi connectivity index (χ2v) is 6.66. The molecular weight excluding hydrogens is 232 g/mol. The highest BCUT2D eigenvalue weighted by molar-refractivity contribution is 7.99. The molecule has 1 unspecified atom stereocenters. The van der Waals surface area contributed by atoms with E-state index in [9.17, 15) is 4.79 Å². The summed E-state index contributed by atoms with van der Waals surface area (Å²) in [6.07, 6.45) is 2.82. The fourth-order valence-electron chi connectivity index (χ4n) is 2.14. The van der Waals surface area contributed by atoms with Crippen molar-refractivity contribution in [3.8, 4) is 0 Å². The Morgan fingerprint density at radius 1 is 1.41 bits per heavy atom. The molecule has 1 atom stereocenters. The molecule has 2 N–H and O–H groups in total. The molecule has 0 aromatic rings. The van der Waals surface area contributed by atoms with Gasteiger partial charge in [-0.15, -0.1) is 0 Å². The molecule has 0 aromatic heterocycles. The molecule has 3 nitrogen and oxygen atoms in total. The van der Waals surface area contributed by atoms with Crippen LogP contribution in [0.25, 0.3) is 0 Å². The van der Waals surface area contributed by atoms with E-state index in [0.29, 0.717) is 17.9 Å². The van der Waals surface area contributed by atoms with E-state index in [4.69, 9.17) is 0 Å². The zero-order valence-electron chi connectivity index (χ0n) is 11.3. The zero-order chi connectivity index (χ0) is 12.7. The molecule has 0 radical (unpaired) electrons. The van der Waals surface area contributed by atoms with Crippen LogP contribution in [0.4, 0.5) is 0 Å². The molecule has 0 aliphatic carbocycles. The Morgan fingerprint density at radius 3 is 2.82 bits per heavy atom. The van der Waals surface area contributed by atoms with Gasteiger partial charge in [-0.25, -0.2) is 0 Å². The Labute approximate surface area is 109 Å². The van der Waals surface area contributed by atoms with Crippen LogP contribution in [0.15, 0.2) is 0 Å². The van der Waals surface area contributed by atoms with Gasteiger partial charge < -0.3 is 10.6 Å². The topological polar surface area (TPSA) is 41.1 Å². The first kappa shape index (κ1) is 14.8. The summed E-state index contributed by atoms with van der Waals surface area (Å²) in [6.45, 7) is 8.31. The van der Waals surface area contributed by atoms with Crippen LogP contribution in [0.5, 0.6) is 0 Å². The highest BCUT2D eigenvalue weighted by atomic mass is 32.2. The number of thioether (sulfide) groups is 1. The highest BCUT2D eigenvalue weighted by Gasteiger charge is 2.27. The number of nitrogens with one attached hydrogen (secondary N) is 2. The lowest BCUT2D eigenvalue weighted by Crippen LogP contribution is -2.41. The third kappa shape index (κ3) is 6.32. The average molecular weight is 258 g/mol. The molecule has 1 aliphatic heterocycles. The van der Waals surface area contributed by atoms with Crippen molar-refractivity contribution in [3.63, 3.8) is 0 Å². The Balaban J connectivity index is 2.12. The lowest BCUT2D eigenvalue weighted by molar-refractivity contribution is -0.121. The van der Waals surface area contributed by atoms with E-state index in [-0.39, 0.29) is 5.91 Å². The van der Waals surface area contributed by atoms with Crippen molar-refractivity contribution in [1.29, 1.82) is 0 Å². The van der Waals surface area contributed by atoms with Crippen LogP contribution >= 0.6 is 11.8 Å². The molecule has 0 spiro atoms. The third-order valence-corrected chi connectivity index (χ3v) is 4.59. The number of carbonyl (C=O) groups is 1. The van der Waals surface area contributed by atoms with Crippen LogP contribution in [0.2, 0.25) is 0 Å². The highest BCUT2D eigenvalue weighted by Crippen LogP contribution is 2.33. The molecular formula is C13H26N2OS. The number of rotatable bonds is 6. The van der Waals surface area contributed by atoms with Crippen LogP contribution in [-0.4, -0.2) is 36.5 Å². The summed E-state index contributed by atoms with van der Waals surface area (Å²) in [7, 11) is 0. The zero-order valence-corrected chi connectivity index (χ0v) is 12.2. The van der Waals surface area contributed by atoms with Crippen molar-refractivity contribution < 1.29 is 4.79 Å². The minimum atomic E-state index is 0.169. The van der Waals surface area contributed by atoms with Crippen LogP contribution in [0.1, 0.15) is 40.0 Å². The van der Waals surface area contributed by atoms with Crippen molar-refractivity contribution in [2.75, 3.05) is 24.6 Å². The van der Waals surface area contributed by atoms with Crippen molar-refractivity contribution in [2.24, 2.45) is 5.41 Å². The van der Waals surface area contributed by atoms with Gasteiger partial charge in [-0.1, -0.05) is 20.8 Å². The van der Waals surface area contributed by atoms with Gasteiger partial charge in [0, 0.05) is 31.3 Å². The summed E-state index contributed by atoms with van der Waals surface area (Å²) in [5, 5.41) is 6.41. The number of hydrogen-bond donors (Lipinski definition) is 2. The fourth-order valence-corrected chi connectivity index (χ4v) is 3.44. The van der Waals surface area contributed by atoms with E-state index in [2.05, 4.69) is 31.4 Å². The number of hydrogen-bond acceptors (Lipinski definition) is 3. The maximum atomic E-state index is 11.4. The van der Waals surface area contributed by atoms with Gasteiger partial charge >= 0.3 is 0 Å². The van der Waals surface area contributed by atoms with E-state index < -0.39 is 0 Å². The first-order chi connectivity index (χ1) is 8.03. The quantitative estimate of drug-likeness (QED) is 0.766. The van der Waals surface area contributed by atoms with Gasteiger partial charge in [0.15, 0.2) is 0 Å². The Morgan fingerprint density at radius 2 is 2.18 bits per heavy atom. The predicted molar refractivity (Wildman–Crippen MR) is 75.4 cm³/mol. The van der Waals surface area contributed by atoms with Crippen LogP contribution < -0.4 is 10.6 Å². The number of amides is 1. The minimum absolute atomic E-state index is 0.169. The Kier molecular flexibility index (Phi) is 6.34. The monoisotopic (exact) mass is 258 g/mol. The van der Waals surface area contributed by atoms with E-state index in [0.717, 1.165) is 19.5 Å². The first-order valence-electron chi connectivity index (χ1n) is 6.61. The molecule has 0 aromatic carbocycles. The Bertz CT molecular complexity index is 244. The molecule has 100 valence electrons. The lowest BCUT2D eigenvalue weighted by Gasteiger charge is -2.35. The summed E-state index contributed by atoms with van der Waals surface area (Å²) in [4.78, 5) is 11.4. The second kappa shape index (κ2) is 7.27. The molecule has 4 heteroatoms. The fraction of sp³-hybridized carbons (Fsp3) is 0.923. The van der Waals surface area contributed by atoms with Crippen molar-refractivity contribution in [3.05, 3.63) is 0 Å². The summed E-state index contributed by atoms with van der Waals surface area (Å²) < 4.78 is 0. The van der Waals surface area contributed by atoms with Gasteiger partial charge in [-0.2, -0.15) is 11.8 Å². The largest absolute Gasteiger partial charge is 0.356 e. The summed E-state index contributed by atoms with van der Waals surface area (Å²) in [6, 6.07) is 0.572. The van der Waals surface area contributed by atoms with Crippen LogP contribution in [-0.2, 0) is 4.79 Å². The maximum Gasteiger partial charge on any atom is 0.221 e. The van der Waals surface area contributed by atoms with Crippen molar-refractivity contribution in [2.45, 2.75) is 46.1 Å². The van der Waals surface area contributed by atoms with Crippen LogP contribution in [0.3, 0.4) is 0 Å². The van der Waals surface area contributed by atoms with Gasteiger partial charge in [0.05, 0.1) is 0 Å². The molecule has 1 aliphatic rings. The molecule has 1 amide bonds. The first-order valence-corrected chi connectivity index (χ1v) is 7.77. The van der Waals surface area contributed by atoms with Crippen molar-refractivity contribution in [1.82, 2.24) is 10.6 Å². The van der Waals surface area contributed by atoms with Crippen LogP contribution in [0, 0.1) is 5.41 Å². The minimum Gasteiger partial charge on any atom is -0.356 e. The smallest absolute Gasteiger partial charge is 0.221 e. The van der Waals surface area contributed by atoms with Gasteiger partial charge in [0.2, 0.25) is 5.91 Å². The standard InChI is InChI=1S/C13H26N2OS/c1-4-6-15-12(16)5-7-14-11-8-13(2,3)10-17-9-11/h11,14H,4-10H2,1-3H3,(H,15,16). The van der Waals surface area contributed by atoms with Crippen molar-refractivity contribution >= 4 is 17.7 Å². The normalized spacial score (nSPS) is 23.4. The molecule has 0 saturated carbocycles. The van der Waals surface area contributed by atoms with E-state index in [1.807, 2.05) is 11.8 Å². The molecule has 0 bridgehead atoms. The second-order valence-electron chi connectivity index (χ2n) is 5.63. The molecule has 1 rings (SSSR count). The van der Waals surface area contributed by atoms with Gasteiger partial charge in [0.25, 0.3) is 0 Å². The summed E-state index contributed by atoms with van der Waals surface area (Å²) in [5.74, 6) is 2.60. The summed E-state index contributed by atoms with van der Waals surface area (Å²) in [5.41, 5.74) is 0.436. The maximum absolute atomic E-state index is 11.4. The third-order valence-electron chi connectivity index (χ3n) is 2.97. The van der Waals surface area contributed by atoms with E-state index in [1.54, 1.807) is 0 Å². The van der Waals surface area contributed by atoms with Gasteiger partial charge in [-0.3, -0.25) is 4.79 Å².